The largest absolute Gasteiger partial charge is 0.379 e. The average molecular weight is 314 g/mol. The van der Waals surface area contributed by atoms with E-state index in [4.69, 9.17) is 4.74 Å². The topological polar surface area (TPSA) is 21.3 Å². The Kier molecular flexibility index (Phi) is 4.92. The first kappa shape index (κ1) is 13.7. The minimum Gasteiger partial charge on any atom is -0.379 e. The van der Waals surface area contributed by atoms with Crippen LogP contribution in [0.4, 0.5) is 4.39 Å². The van der Waals surface area contributed by atoms with E-state index in [1.54, 1.807) is 12.1 Å². The Bertz CT molecular complexity index is 441. The zero-order valence-corrected chi connectivity index (χ0v) is 12.0. The molecule has 2 nitrogen and oxygen atoms in total. The number of hydrogen-bond acceptors (Lipinski definition) is 2. The molecular weight excluding hydrogens is 297 g/mol. The second-order valence-corrected chi connectivity index (χ2v) is 5.44. The third kappa shape index (κ3) is 3.90. The number of hydrogen-bond donors (Lipinski definition) is 1. The molecule has 2 rings (SSSR count). The van der Waals surface area contributed by atoms with E-state index in [9.17, 15) is 4.39 Å². The van der Waals surface area contributed by atoms with Crippen LogP contribution >= 0.6 is 15.9 Å². The Morgan fingerprint density at radius 1 is 1.61 bits per heavy atom. The highest BCUT2D eigenvalue weighted by Gasteiger charge is 2.13. The van der Waals surface area contributed by atoms with Crippen molar-refractivity contribution < 1.29 is 9.13 Å². The van der Waals surface area contributed by atoms with E-state index in [0.717, 1.165) is 36.2 Å². The maximum atomic E-state index is 13.2. The number of rotatable bonds is 3. The van der Waals surface area contributed by atoms with Crippen LogP contribution in [0, 0.1) is 5.82 Å². The van der Waals surface area contributed by atoms with Gasteiger partial charge >= 0.3 is 0 Å². The van der Waals surface area contributed by atoms with Gasteiger partial charge in [0.2, 0.25) is 0 Å². The molecule has 0 radical (unpaired) electrons. The number of morpholine rings is 1. The van der Waals surface area contributed by atoms with Crippen LogP contribution in [-0.2, 0) is 4.74 Å². The maximum Gasteiger partial charge on any atom is 0.123 e. The number of ether oxygens (including phenoxy) is 1. The van der Waals surface area contributed by atoms with Crippen molar-refractivity contribution in [2.45, 2.75) is 19.4 Å². The molecule has 0 saturated carbocycles. The van der Waals surface area contributed by atoms with E-state index in [1.807, 2.05) is 6.08 Å². The van der Waals surface area contributed by atoms with Crippen molar-refractivity contribution in [3.05, 3.63) is 39.6 Å². The number of nitrogens with one attached hydrogen (secondary N) is 1. The molecule has 1 aromatic rings. The summed E-state index contributed by atoms with van der Waals surface area (Å²) in [5.41, 5.74) is 2.09. The minimum atomic E-state index is -0.212. The lowest BCUT2D eigenvalue weighted by atomic mass is 10.0. The molecule has 1 aliphatic rings. The third-order valence-electron chi connectivity index (χ3n) is 2.93. The van der Waals surface area contributed by atoms with Gasteiger partial charge in [-0.05, 0) is 37.1 Å². The van der Waals surface area contributed by atoms with Gasteiger partial charge in [-0.25, -0.2) is 4.39 Å². The Morgan fingerprint density at radius 3 is 3.17 bits per heavy atom. The van der Waals surface area contributed by atoms with E-state index in [1.165, 1.54) is 11.6 Å². The van der Waals surface area contributed by atoms with Gasteiger partial charge in [0.1, 0.15) is 5.82 Å². The number of halogens is 2. The van der Waals surface area contributed by atoms with Gasteiger partial charge in [-0.1, -0.05) is 27.6 Å². The molecule has 1 atom stereocenters. The van der Waals surface area contributed by atoms with Gasteiger partial charge in [0.15, 0.2) is 0 Å². The second kappa shape index (κ2) is 6.45. The molecule has 0 amide bonds. The first-order valence-electron chi connectivity index (χ1n) is 6.08. The molecule has 1 aliphatic heterocycles. The molecule has 1 saturated heterocycles. The molecule has 0 aromatic heterocycles. The van der Waals surface area contributed by atoms with Crippen molar-refractivity contribution in [3.8, 4) is 0 Å². The molecule has 18 heavy (non-hydrogen) atoms. The molecular formula is C14H17BrFNO. The highest BCUT2D eigenvalue weighted by molar-refractivity contribution is 9.10. The van der Waals surface area contributed by atoms with Gasteiger partial charge in [0.05, 0.1) is 13.2 Å². The van der Waals surface area contributed by atoms with E-state index in [-0.39, 0.29) is 5.82 Å². The lowest BCUT2D eigenvalue weighted by Crippen LogP contribution is -2.41. The SMILES string of the molecule is C/C(=C/c1cc(F)ccc1Br)CC1COCCN1. The lowest BCUT2D eigenvalue weighted by Gasteiger charge is -2.24. The van der Waals surface area contributed by atoms with Crippen molar-refractivity contribution in [2.24, 2.45) is 0 Å². The quantitative estimate of drug-likeness (QED) is 0.923. The Morgan fingerprint density at radius 2 is 2.44 bits per heavy atom. The second-order valence-electron chi connectivity index (χ2n) is 4.59. The molecule has 1 heterocycles. The van der Waals surface area contributed by atoms with Crippen LogP contribution < -0.4 is 5.32 Å². The molecule has 1 fully saturated rings. The Labute approximate surface area is 115 Å². The van der Waals surface area contributed by atoms with Gasteiger partial charge in [-0.15, -0.1) is 0 Å². The molecule has 1 N–H and O–H groups in total. The molecule has 0 spiro atoms. The molecule has 98 valence electrons. The van der Waals surface area contributed by atoms with Crippen LogP contribution in [0.3, 0.4) is 0 Å². The monoisotopic (exact) mass is 313 g/mol. The summed E-state index contributed by atoms with van der Waals surface area (Å²) in [7, 11) is 0. The van der Waals surface area contributed by atoms with Crippen LogP contribution in [0.2, 0.25) is 0 Å². The van der Waals surface area contributed by atoms with E-state index in [0.29, 0.717) is 6.04 Å². The minimum absolute atomic E-state index is 0.212. The van der Waals surface area contributed by atoms with Crippen molar-refractivity contribution >= 4 is 22.0 Å². The first-order chi connectivity index (χ1) is 8.65. The van der Waals surface area contributed by atoms with Crippen LogP contribution in [-0.4, -0.2) is 25.8 Å². The van der Waals surface area contributed by atoms with Crippen LogP contribution in [0.5, 0.6) is 0 Å². The average Bonchev–Trinajstić information content (AvgIpc) is 2.35. The van der Waals surface area contributed by atoms with Gasteiger partial charge in [-0.2, -0.15) is 0 Å². The van der Waals surface area contributed by atoms with E-state index < -0.39 is 0 Å². The lowest BCUT2D eigenvalue weighted by molar-refractivity contribution is 0.0771. The van der Waals surface area contributed by atoms with Gasteiger partial charge in [-0.3, -0.25) is 0 Å². The summed E-state index contributed by atoms with van der Waals surface area (Å²) in [6.07, 6.45) is 2.94. The van der Waals surface area contributed by atoms with Crippen LogP contribution in [0.15, 0.2) is 28.2 Å². The molecule has 0 bridgehead atoms. The van der Waals surface area contributed by atoms with Gasteiger partial charge < -0.3 is 10.1 Å². The maximum absolute atomic E-state index is 13.2. The summed E-state index contributed by atoms with van der Waals surface area (Å²) in [4.78, 5) is 0. The Hall–Kier alpha value is -0.710. The first-order valence-corrected chi connectivity index (χ1v) is 6.88. The zero-order chi connectivity index (χ0) is 13.0. The fourth-order valence-electron chi connectivity index (χ4n) is 2.09. The molecule has 4 heteroatoms. The third-order valence-corrected chi connectivity index (χ3v) is 3.65. The molecule has 1 aromatic carbocycles. The van der Waals surface area contributed by atoms with Crippen LogP contribution in [0.1, 0.15) is 18.9 Å². The summed E-state index contributed by atoms with van der Waals surface area (Å²) in [5, 5.41) is 3.41. The fourth-order valence-corrected chi connectivity index (χ4v) is 2.45. The normalized spacial score (nSPS) is 21.1. The summed E-state index contributed by atoms with van der Waals surface area (Å²) >= 11 is 3.43. The van der Waals surface area contributed by atoms with Crippen molar-refractivity contribution in [3.63, 3.8) is 0 Å². The predicted molar refractivity (Wildman–Crippen MR) is 75.0 cm³/mol. The highest BCUT2D eigenvalue weighted by atomic mass is 79.9. The summed E-state index contributed by atoms with van der Waals surface area (Å²) in [6, 6.07) is 5.09. The zero-order valence-electron chi connectivity index (χ0n) is 10.4. The summed E-state index contributed by atoms with van der Waals surface area (Å²) in [6.45, 7) is 4.50. The van der Waals surface area contributed by atoms with Crippen molar-refractivity contribution in [1.82, 2.24) is 5.32 Å². The predicted octanol–water partition coefficient (Wildman–Crippen LogP) is 3.37. The summed E-state index contributed by atoms with van der Waals surface area (Å²) in [5.74, 6) is -0.212. The van der Waals surface area contributed by atoms with Gasteiger partial charge in [0, 0.05) is 17.1 Å². The van der Waals surface area contributed by atoms with Crippen molar-refractivity contribution in [2.75, 3.05) is 19.8 Å². The standard InChI is InChI=1S/C14H17BrFNO/c1-10(7-13-9-18-5-4-17-13)6-11-8-12(16)2-3-14(11)15/h2-3,6,8,13,17H,4-5,7,9H2,1H3/b10-6-. The highest BCUT2D eigenvalue weighted by Crippen LogP contribution is 2.22. The smallest absolute Gasteiger partial charge is 0.123 e. The molecule has 1 unspecified atom stereocenters. The van der Waals surface area contributed by atoms with E-state index in [2.05, 4.69) is 28.2 Å². The van der Waals surface area contributed by atoms with Crippen LogP contribution in [0.25, 0.3) is 6.08 Å². The fraction of sp³-hybridized carbons (Fsp3) is 0.429. The van der Waals surface area contributed by atoms with E-state index >= 15 is 0 Å². The van der Waals surface area contributed by atoms with Crippen molar-refractivity contribution in [1.29, 1.82) is 0 Å². The Balaban J connectivity index is 2.04. The molecule has 0 aliphatic carbocycles. The van der Waals surface area contributed by atoms with Gasteiger partial charge in [0.25, 0.3) is 0 Å². The summed E-state index contributed by atoms with van der Waals surface area (Å²) < 4.78 is 19.5. The number of benzene rings is 1.